The molecule has 0 radical (unpaired) electrons. The zero-order valence-corrected chi connectivity index (χ0v) is 15.8. The maximum absolute atomic E-state index is 12.6. The van der Waals surface area contributed by atoms with Crippen LogP contribution in [0.5, 0.6) is 11.5 Å². The molecule has 1 N–H and O–H groups in total. The maximum Gasteiger partial charge on any atom is 0.295 e. The molecule has 1 atom stereocenters. The van der Waals surface area contributed by atoms with Crippen molar-refractivity contribution in [1.29, 1.82) is 0 Å². The van der Waals surface area contributed by atoms with Gasteiger partial charge in [-0.05, 0) is 42.0 Å². The SMILES string of the molecule is COc1ccc(C2/C(=C(/O)c3ccc(Cl)cc3)C(=O)C(=O)N2C)cc1OC. The number of ketones is 1. The van der Waals surface area contributed by atoms with Gasteiger partial charge in [0.2, 0.25) is 0 Å². The average Bonchev–Trinajstić information content (AvgIpc) is 2.91. The van der Waals surface area contributed by atoms with Gasteiger partial charge in [-0.2, -0.15) is 0 Å². The fourth-order valence-electron chi connectivity index (χ4n) is 3.12. The number of nitrogens with zero attached hydrogens (tertiary/aromatic N) is 1. The van der Waals surface area contributed by atoms with Gasteiger partial charge in [0, 0.05) is 17.6 Å². The number of hydrogen-bond acceptors (Lipinski definition) is 5. The Bertz CT molecular complexity index is 936. The third-order valence-corrected chi connectivity index (χ3v) is 4.77. The molecule has 0 bridgehead atoms. The van der Waals surface area contributed by atoms with Gasteiger partial charge in [-0.3, -0.25) is 9.59 Å². The Morgan fingerprint density at radius 2 is 1.67 bits per heavy atom. The van der Waals surface area contributed by atoms with Gasteiger partial charge < -0.3 is 19.5 Å². The topological polar surface area (TPSA) is 76.1 Å². The first-order chi connectivity index (χ1) is 12.9. The Kier molecular flexibility index (Phi) is 5.10. The van der Waals surface area contributed by atoms with Crippen molar-refractivity contribution in [1.82, 2.24) is 4.90 Å². The molecule has 27 heavy (non-hydrogen) atoms. The number of amides is 1. The van der Waals surface area contributed by atoms with E-state index in [1.165, 1.54) is 26.2 Å². The lowest BCUT2D eigenvalue weighted by atomic mass is 9.95. The van der Waals surface area contributed by atoms with E-state index in [1.807, 2.05) is 0 Å². The van der Waals surface area contributed by atoms with Crippen LogP contribution in [-0.2, 0) is 9.59 Å². The van der Waals surface area contributed by atoms with Crippen molar-refractivity contribution in [2.24, 2.45) is 0 Å². The fourth-order valence-corrected chi connectivity index (χ4v) is 3.25. The summed E-state index contributed by atoms with van der Waals surface area (Å²) in [5.74, 6) is -0.711. The van der Waals surface area contributed by atoms with Gasteiger partial charge in [0.25, 0.3) is 11.7 Å². The minimum absolute atomic E-state index is 0.0112. The normalized spacial score (nSPS) is 18.7. The summed E-state index contributed by atoms with van der Waals surface area (Å²) < 4.78 is 10.5. The molecule has 140 valence electrons. The molecule has 0 aromatic heterocycles. The zero-order valence-electron chi connectivity index (χ0n) is 15.0. The molecular weight excluding hydrogens is 370 g/mol. The molecule has 1 aliphatic rings. The molecule has 1 heterocycles. The third-order valence-electron chi connectivity index (χ3n) is 4.52. The number of carbonyl (C=O) groups is 2. The molecular formula is C20H18ClNO5. The highest BCUT2D eigenvalue weighted by Gasteiger charge is 2.44. The van der Waals surface area contributed by atoms with Gasteiger partial charge in [-0.25, -0.2) is 0 Å². The molecule has 1 fully saturated rings. The highest BCUT2D eigenvalue weighted by Crippen LogP contribution is 2.41. The van der Waals surface area contributed by atoms with E-state index in [2.05, 4.69) is 0 Å². The van der Waals surface area contributed by atoms with Crippen molar-refractivity contribution in [2.75, 3.05) is 21.3 Å². The Balaban J connectivity index is 2.17. The van der Waals surface area contributed by atoms with E-state index in [0.717, 1.165) is 0 Å². The lowest BCUT2D eigenvalue weighted by Gasteiger charge is -2.22. The fraction of sp³-hybridized carbons (Fsp3) is 0.200. The molecule has 6 nitrogen and oxygen atoms in total. The molecule has 0 aliphatic carbocycles. The maximum atomic E-state index is 12.6. The molecule has 7 heteroatoms. The van der Waals surface area contributed by atoms with Crippen LogP contribution in [0.3, 0.4) is 0 Å². The Morgan fingerprint density at radius 1 is 1.04 bits per heavy atom. The van der Waals surface area contributed by atoms with E-state index in [9.17, 15) is 14.7 Å². The second kappa shape index (κ2) is 7.32. The van der Waals surface area contributed by atoms with Gasteiger partial charge in [-0.1, -0.05) is 17.7 Å². The molecule has 1 amide bonds. The van der Waals surface area contributed by atoms with Gasteiger partial charge in [0.05, 0.1) is 25.8 Å². The van der Waals surface area contributed by atoms with E-state index in [1.54, 1.807) is 42.5 Å². The van der Waals surface area contributed by atoms with Crippen LogP contribution in [0.2, 0.25) is 5.02 Å². The summed E-state index contributed by atoms with van der Waals surface area (Å²) in [5, 5.41) is 11.3. The monoisotopic (exact) mass is 387 g/mol. The predicted octanol–water partition coefficient (Wildman–Crippen LogP) is 3.41. The van der Waals surface area contributed by atoms with Crippen LogP contribution < -0.4 is 9.47 Å². The summed E-state index contributed by atoms with van der Waals surface area (Å²) in [6.07, 6.45) is 0. The Morgan fingerprint density at radius 3 is 2.26 bits per heavy atom. The lowest BCUT2D eigenvalue weighted by molar-refractivity contribution is -0.139. The first-order valence-electron chi connectivity index (χ1n) is 8.11. The van der Waals surface area contributed by atoms with E-state index in [4.69, 9.17) is 21.1 Å². The number of benzene rings is 2. The van der Waals surface area contributed by atoms with Crippen LogP contribution in [0.25, 0.3) is 5.76 Å². The number of aliphatic hydroxyl groups is 1. The summed E-state index contributed by atoms with van der Waals surface area (Å²) in [6.45, 7) is 0. The lowest BCUT2D eigenvalue weighted by Crippen LogP contribution is -2.24. The molecule has 1 aliphatic heterocycles. The van der Waals surface area contributed by atoms with Gasteiger partial charge in [0.1, 0.15) is 5.76 Å². The highest BCUT2D eigenvalue weighted by atomic mass is 35.5. The summed E-state index contributed by atoms with van der Waals surface area (Å²) in [6, 6.07) is 10.7. The van der Waals surface area contributed by atoms with Crippen molar-refractivity contribution < 1.29 is 24.2 Å². The number of likely N-dealkylation sites (N-methyl/N-ethyl adjacent to an activating group) is 1. The van der Waals surface area contributed by atoms with Crippen molar-refractivity contribution >= 4 is 29.1 Å². The molecule has 2 aromatic carbocycles. The number of Topliss-reactive ketones (excluding diaryl/α,β-unsaturated/α-hetero) is 1. The summed E-state index contributed by atoms with van der Waals surface area (Å²) >= 11 is 5.88. The molecule has 1 saturated heterocycles. The molecule has 2 aromatic rings. The number of rotatable bonds is 4. The number of likely N-dealkylation sites (tertiary alicyclic amines) is 1. The number of ether oxygens (including phenoxy) is 2. The quantitative estimate of drug-likeness (QED) is 0.494. The summed E-state index contributed by atoms with van der Waals surface area (Å²) in [5.41, 5.74) is 1.03. The first kappa shape index (κ1) is 18.8. The van der Waals surface area contributed by atoms with Crippen molar-refractivity contribution in [3.63, 3.8) is 0 Å². The molecule has 3 rings (SSSR count). The van der Waals surface area contributed by atoms with Crippen LogP contribution in [0.15, 0.2) is 48.0 Å². The van der Waals surface area contributed by atoms with Crippen LogP contribution in [0.4, 0.5) is 0 Å². The van der Waals surface area contributed by atoms with Gasteiger partial charge in [-0.15, -0.1) is 0 Å². The molecule has 0 spiro atoms. The second-order valence-electron chi connectivity index (χ2n) is 6.03. The van der Waals surface area contributed by atoms with Crippen molar-refractivity contribution in [3.8, 4) is 11.5 Å². The summed E-state index contributed by atoms with van der Waals surface area (Å²) in [4.78, 5) is 26.2. The number of carbonyl (C=O) groups excluding carboxylic acids is 2. The second-order valence-corrected chi connectivity index (χ2v) is 6.47. The number of aliphatic hydroxyl groups excluding tert-OH is 1. The molecule has 0 saturated carbocycles. The zero-order chi connectivity index (χ0) is 19.7. The minimum atomic E-state index is -0.750. The number of hydrogen-bond donors (Lipinski definition) is 1. The van der Waals surface area contributed by atoms with E-state index < -0.39 is 17.7 Å². The Hall–Kier alpha value is -2.99. The molecule has 1 unspecified atom stereocenters. The van der Waals surface area contributed by atoms with E-state index in [0.29, 0.717) is 27.6 Å². The van der Waals surface area contributed by atoms with Gasteiger partial charge >= 0.3 is 0 Å². The third kappa shape index (κ3) is 3.24. The first-order valence-corrected chi connectivity index (χ1v) is 8.49. The smallest absolute Gasteiger partial charge is 0.295 e. The number of halogens is 1. The largest absolute Gasteiger partial charge is 0.507 e. The standard InChI is InChI=1S/C20H18ClNO5/c1-22-17(12-6-9-14(26-2)15(10-12)27-3)16(19(24)20(22)25)18(23)11-4-7-13(21)8-5-11/h4-10,17,23H,1-3H3/b18-16-. The van der Waals surface area contributed by atoms with Crippen molar-refractivity contribution in [3.05, 3.63) is 64.2 Å². The van der Waals surface area contributed by atoms with E-state index >= 15 is 0 Å². The summed E-state index contributed by atoms with van der Waals surface area (Å²) in [7, 11) is 4.53. The van der Waals surface area contributed by atoms with Crippen LogP contribution in [0, 0.1) is 0 Å². The number of methoxy groups -OCH3 is 2. The van der Waals surface area contributed by atoms with Crippen LogP contribution in [0.1, 0.15) is 17.2 Å². The predicted molar refractivity (Wildman–Crippen MR) is 101 cm³/mol. The van der Waals surface area contributed by atoms with E-state index in [-0.39, 0.29) is 11.3 Å². The van der Waals surface area contributed by atoms with Crippen LogP contribution >= 0.6 is 11.6 Å². The minimum Gasteiger partial charge on any atom is -0.507 e. The highest BCUT2D eigenvalue weighted by molar-refractivity contribution is 6.46. The Labute approximate surface area is 161 Å². The van der Waals surface area contributed by atoms with Crippen molar-refractivity contribution in [2.45, 2.75) is 6.04 Å². The van der Waals surface area contributed by atoms with Crippen LogP contribution in [-0.4, -0.2) is 43.0 Å². The average molecular weight is 388 g/mol. The van der Waals surface area contributed by atoms with Gasteiger partial charge in [0.15, 0.2) is 11.5 Å².